The van der Waals surface area contributed by atoms with E-state index in [2.05, 4.69) is 10.3 Å². The van der Waals surface area contributed by atoms with Gasteiger partial charge in [-0.05, 0) is 43.0 Å². The first-order valence-electron chi connectivity index (χ1n) is 7.86. The molecular weight excluding hydrogens is 388 g/mol. The maximum atomic E-state index is 12.6. The SMILES string of the molecule is Cc1nc(-c2ccsc2)sc1C(=O)NC(C)c1ccc(S(C)(=O)=O)cc1. The molecule has 3 rings (SSSR count). The number of aryl methyl sites for hydroxylation is 1. The van der Waals surface area contributed by atoms with Gasteiger partial charge in [-0.15, -0.1) is 11.3 Å². The normalized spacial score (nSPS) is 12.7. The molecule has 5 nitrogen and oxygen atoms in total. The van der Waals surface area contributed by atoms with E-state index in [0.717, 1.165) is 16.1 Å². The van der Waals surface area contributed by atoms with Gasteiger partial charge in [0.25, 0.3) is 5.91 Å². The minimum Gasteiger partial charge on any atom is -0.345 e. The van der Waals surface area contributed by atoms with Gasteiger partial charge in [-0.25, -0.2) is 13.4 Å². The first-order valence-corrected chi connectivity index (χ1v) is 11.5. The van der Waals surface area contributed by atoms with Crippen LogP contribution in [0.2, 0.25) is 0 Å². The van der Waals surface area contributed by atoms with Crippen LogP contribution in [0.25, 0.3) is 10.6 Å². The average Bonchev–Trinajstić information content (AvgIpc) is 3.23. The summed E-state index contributed by atoms with van der Waals surface area (Å²) in [7, 11) is -3.23. The highest BCUT2D eigenvalue weighted by Gasteiger charge is 2.19. The smallest absolute Gasteiger partial charge is 0.263 e. The quantitative estimate of drug-likeness (QED) is 0.693. The van der Waals surface area contributed by atoms with Crippen LogP contribution in [-0.4, -0.2) is 25.6 Å². The largest absolute Gasteiger partial charge is 0.345 e. The number of thiophene rings is 1. The second-order valence-electron chi connectivity index (χ2n) is 5.98. The van der Waals surface area contributed by atoms with Crippen molar-refractivity contribution in [1.82, 2.24) is 10.3 Å². The highest BCUT2D eigenvalue weighted by atomic mass is 32.2. The molecular formula is C18H18N2O3S3. The van der Waals surface area contributed by atoms with Crippen molar-refractivity contribution in [2.45, 2.75) is 24.8 Å². The molecule has 1 aromatic carbocycles. The van der Waals surface area contributed by atoms with Crippen LogP contribution in [0.5, 0.6) is 0 Å². The van der Waals surface area contributed by atoms with Gasteiger partial charge in [0.15, 0.2) is 9.84 Å². The van der Waals surface area contributed by atoms with E-state index in [-0.39, 0.29) is 16.8 Å². The molecule has 0 fully saturated rings. The fourth-order valence-electron chi connectivity index (χ4n) is 2.47. The fourth-order valence-corrected chi connectivity index (χ4v) is 4.78. The Hall–Kier alpha value is -2.03. The fraction of sp³-hybridized carbons (Fsp3) is 0.222. The second kappa shape index (κ2) is 7.30. The Balaban J connectivity index is 1.75. The second-order valence-corrected chi connectivity index (χ2v) is 9.78. The average molecular weight is 407 g/mol. The number of hydrogen-bond acceptors (Lipinski definition) is 6. The van der Waals surface area contributed by atoms with Crippen LogP contribution in [0.4, 0.5) is 0 Å². The standard InChI is InChI=1S/C18H18N2O3S3/c1-11(13-4-6-15(7-5-13)26(3,22)23)19-17(21)16-12(2)20-18(25-16)14-8-9-24-10-14/h4-11H,1-3H3,(H,19,21). The topological polar surface area (TPSA) is 76.1 Å². The number of carbonyl (C=O) groups is 1. The molecule has 3 aromatic rings. The van der Waals surface area contributed by atoms with Gasteiger partial charge >= 0.3 is 0 Å². The summed E-state index contributed by atoms with van der Waals surface area (Å²) < 4.78 is 23.1. The van der Waals surface area contributed by atoms with Crippen molar-refractivity contribution in [2.75, 3.05) is 6.26 Å². The number of hydrogen-bond donors (Lipinski definition) is 1. The number of nitrogens with one attached hydrogen (secondary N) is 1. The van der Waals surface area contributed by atoms with Crippen molar-refractivity contribution in [2.24, 2.45) is 0 Å². The van der Waals surface area contributed by atoms with E-state index in [0.29, 0.717) is 10.6 Å². The van der Waals surface area contributed by atoms with Gasteiger partial charge in [0.1, 0.15) is 9.88 Å². The van der Waals surface area contributed by atoms with E-state index in [1.807, 2.05) is 30.7 Å². The molecule has 0 aliphatic heterocycles. The first kappa shape index (κ1) is 18.8. The summed E-state index contributed by atoms with van der Waals surface area (Å²) in [6, 6.07) is 8.29. The molecule has 0 saturated carbocycles. The highest BCUT2D eigenvalue weighted by Crippen LogP contribution is 2.29. The number of carbonyl (C=O) groups excluding carboxylic acids is 1. The Morgan fingerprint density at radius 1 is 1.19 bits per heavy atom. The summed E-state index contributed by atoms with van der Waals surface area (Å²) in [4.78, 5) is 18.0. The van der Waals surface area contributed by atoms with E-state index < -0.39 is 9.84 Å². The Morgan fingerprint density at radius 3 is 2.46 bits per heavy atom. The van der Waals surface area contributed by atoms with Crippen LogP contribution in [-0.2, 0) is 9.84 Å². The van der Waals surface area contributed by atoms with Crippen LogP contribution in [0.3, 0.4) is 0 Å². The first-order chi connectivity index (χ1) is 12.3. The Kier molecular flexibility index (Phi) is 5.27. The van der Waals surface area contributed by atoms with Crippen LogP contribution in [0, 0.1) is 6.92 Å². The zero-order valence-corrected chi connectivity index (χ0v) is 17.0. The Labute approximate surface area is 160 Å². The maximum absolute atomic E-state index is 12.6. The van der Waals surface area contributed by atoms with Crippen molar-refractivity contribution < 1.29 is 13.2 Å². The lowest BCUT2D eigenvalue weighted by Gasteiger charge is -2.14. The molecule has 2 aromatic heterocycles. The van der Waals surface area contributed by atoms with E-state index >= 15 is 0 Å². The zero-order chi connectivity index (χ0) is 18.9. The summed E-state index contributed by atoms with van der Waals surface area (Å²) in [6.07, 6.45) is 1.17. The van der Waals surface area contributed by atoms with Gasteiger partial charge in [0, 0.05) is 17.2 Å². The van der Waals surface area contributed by atoms with Gasteiger partial charge in [0.2, 0.25) is 0 Å². The molecule has 1 atom stereocenters. The molecule has 26 heavy (non-hydrogen) atoms. The molecule has 0 aliphatic rings. The van der Waals surface area contributed by atoms with E-state index in [9.17, 15) is 13.2 Å². The molecule has 0 radical (unpaired) electrons. The predicted octanol–water partition coefficient (Wildman–Crippen LogP) is 4.07. The number of rotatable bonds is 5. The molecule has 0 spiro atoms. The van der Waals surface area contributed by atoms with E-state index in [1.54, 1.807) is 35.6 Å². The number of sulfone groups is 1. The summed E-state index contributed by atoms with van der Waals surface area (Å²) in [6.45, 7) is 3.69. The van der Waals surface area contributed by atoms with E-state index in [1.165, 1.54) is 17.6 Å². The third-order valence-corrected chi connectivity index (χ3v) is 6.94. The van der Waals surface area contributed by atoms with Crippen molar-refractivity contribution in [3.05, 3.63) is 57.2 Å². The van der Waals surface area contributed by atoms with Crippen LogP contribution >= 0.6 is 22.7 Å². The number of thiazole rings is 1. The van der Waals surface area contributed by atoms with E-state index in [4.69, 9.17) is 0 Å². The summed E-state index contributed by atoms with van der Waals surface area (Å²) in [5.41, 5.74) is 2.56. The molecule has 0 aliphatic carbocycles. The van der Waals surface area contributed by atoms with Crippen molar-refractivity contribution >= 4 is 38.4 Å². The lowest BCUT2D eigenvalue weighted by Crippen LogP contribution is -2.26. The lowest BCUT2D eigenvalue weighted by molar-refractivity contribution is 0.0943. The van der Waals surface area contributed by atoms with Crippen molar-refractivity contribution in [1.29, 1.82) is 0 Å². The third-order valence-electron chi connectivity index (χ3n) is 3.93. The predicted molar refractivity (Wildman–Crippen MR) is 106 cm³/mol. The van der Waals surface area contributed by atoms with Gasteiger partial charge in [-0.3, -0.25) is 4.79 Å². The summed E-state index contributed by atoms with van der Waals surface area (Å²) in [5.74, 6) is -0.179. The third kappa shape index (κ3) is 4.03. The molecule has 2 heterocycles. The lowest BCUT2D eigenvalue weighted by atomic mass is 10.1. The summed E-state index contributed by atoms with van der Waals surface area (Å²) in [5, 5.41) is 7.77. The number of aromatic nitrogens is 1. The molecule has 136 valence electrons. The highest BCUT2D eigenvalue weighted by molar-refractivity contribution is 7.90. The van der Waals surface area contributed by atoms with Crippen LogP contribution in [0.1, 0.15) is 33.9 Å². The molecule has 1 N–H and O–H groups in total. The monoisotopic (exact) mass is 406 g/mol. The molecule has 1 amide bonds. The van der Waals surface area contributed by atoms with Gasteiger partial charge in [-0.1, -0.05) is 12.1 Å². The van der Waals surface area contributed by atoms with Crippen molar-refractivity contribution in [3.8, 4) is 10.6 Å². The zero-order valence-electron chi connectivity index (χ0n) is 14.5. The van der Waals surface area contributed by atoms with Crippen LogP contribution < -0.4 is 5.32 Å². The minimum atomic E-state index is -3.23. The molecule has 0 bridgehead atoms. The minimum absolute atomic E-state index is 0.179. The van der Waals surface area contributed by atoms with Gasteiger partial charge < -0.3 is 5.32 Å². The molecule has 8 heteroatoms. The number of nitrogens with zero attached hydrogens (tertiary/aromatic N) is 1. The Morgan fingerprint density at radius 2 is 1.88 bits per heavy atom. The number of amides is 1. The van der Waals surface area contributed by atoms with Gasteiger partial charge in [0.05, 0.1) is 16.6 Å². The molecule has 1 unspecified atom stereocenters. The van der Waals surface area contributed by atoms with Crippen LogP contribution in [0.15, 0.2) is 46.0 Å². The van der Waals surface area contributed by atoms with Crippen molar-refractivity contribution in [3.63, 3.8) is 0 Å². The summed E-state index contributed by atoms with van der Waals surface area (Å²) >= 11 is 2.96. The number of benzene rings is 1. The Bertz CT molecular complexity index is 1020. The maximum Gasteiger partial charge on any atom is 0.263 e. The molecule has 0 saturated heterocycles. The van der Waals surface area contributed by atoms with Gasteiger partial charge in [-0.2, -0.15) is 11.3 Å².